The first-order valence-electron chi connectivity index (χ1n) is 7.28. The molecule has 0 spiro atoms. The number of amides is 1. The van der Waals surface area contributed by atoms with Gasteiger partial charge in [-0.3, -0.25) is 9.69 Å². The predicted molar refractivity (Wildman–Crippen MR) is 80.2 cm³/mol. The van der Waals surface area contributed by atoms with E-state index >= 15 is 0 Å². The lowest BCUT2D eigenvalue weighted by molar-refractivity contribution is -0.137. The molecule has 0 N–H and O–H groups in total. The summed E-state index contributed by atoms with van der Waals surface area (Å²) in [5.74, 6) is 0.550. The van der Waals surface area contributed by atoms with Crippen molar-refractivity contribution in [3.05, 3.63) is 22.4 Å². The highest BCUT2D eigenvalue weighted by Crippen LogP contribution is 2.21. The molecule has 1 aromatic rings. The summed E-state index contributed by atoms with van der Waals surface area (Å²) in [5, 5.41) is 2.12. The Labute approximate surface area is 120 Å². The minimum absolute atomic E-state index is 0.202. The van der Waals surface area contributed by atoms with Gasteiger partial charge in [0.05, 0.1) is 5.92 Å². The standard InChI is InChI=1S/C15H24N2OS/c1-3-17(4-2)15(18)13-7-5-9-16(11-13)12-14-8-6-10-19-14/h6,8,10,13H,3-5,7,9,11-12H2,1-2H3/t13-/m0/s1. The first-order chi connectivity index (χ1) is 9.24. The van der Waals surface area contributed by atoms with Crippen LogP contribution in [0.2, 0.25) is 0 Å². The maximum Gasteiger partial charge on any atom is 0.226 e. The molecule has 19 heavy (non-hydrogen) atoms. The Hall–Kier alpha value is -0.870. The molecule has 1 aromatic heterocycles. The predicted octanol–water partition coefficient (Wildman–Crippen LogP) is 2.83. The van der Waals surface area contributed by atoms with Gasteiger partial charge in [-0.1, -0.05) is 6.07 Å². The summed E-state index contributed by atoms with van der Waals surface area (Å²) in [6.07, 6.45) is 2.19. The number of likely N-dealkylation sites (tertiary alicyclic amines) is 1. The molecule has 0 aromatic carbocycles. The second-order valence-corrected chi connectivity index (χ2v) is 6.20. The summed E-state index contributed by atoms with van der Waals surface area (Å²) in [6.45, 7) is 8.83. The van der Waals surface area contributed by atoms with Crippen LogP contribution in [0.4, 0.5) is 0 Å². The first kappa shape index (κ1) is 14.5. The molecule has 1 aliphatic rings. The molecular weight excluding hydrogens is 256 g/mol. The van der Waals surface area contributed by atoms with E-state index < -0.39 is 0 Å². The molecule has 1 saturated heterocycles. The van der Waals surface area contributed by atoms with E-state index in [9.17, 15) is 4.79 Å². The van der Waals surface area contributed by atoms with Crippen LogP contribution in [-0.4, -0.2) is 41.9 Å². The van der Waals surface area contributed by atoms with Gasteiger partial charge in [-0.15, -0.1) is 11.3 Å². The van der Waals surface area contributed by atoms with Gasteiger partial charge in [0.15, 0.2) is 0 Å². The molecule has 3 nitrogen and oxygen atoms in total. The SMILES string of the molecule is CCN(CC)C(=O)[C@H]1CCCN(Cc2cccs2)C1. The third kappa shape index (κ3) is 3.80. The lowest BCUT2D eigenvalue weighted by atomic mass is 9.96. The van der Waals surface area contributed by atoms with E-state index in [0.29, 0.717) is 5.91 Å². The molecule has 2 rings (SSSR count). The number of hydrogen-bond acceptors (Lipinski definition) is 3. The molecule has 2 heterocycles. The van der Waals surface area contributed by atoms with Gasteiger partial charge in [0.1, 0.15) is 0 Å². The number of piperidine rings is 1. The molecule has 0 saturated carbocycles. The van der Waals surface area contributed by atoms with Crippen LogP contribution in [-0.2, 0) is 11.3 Å². The van der Waals surface area contributed by atoms with Crippen LogP contribution in [0.3, 0.4) is 0 Å². The second kappa shape index (κ2) is 7.06. The van der Waals surface area contributed by atoms with Gasteiger partial charge in [-0.05, 0) is 44.7 Å². The van der Waals surface area contributed by atoms with Crippen LogP contribution >= 0.6 is 11.3 Å². The number of carbonyl (C=O) groups excluding carboxylic acids is 1. The molecule has 1 amide bonds. The molecule has 106 valence electrons. The third-order valence-electron chi connectivity index (χ3n) is 3.89. The third-order valence-corrected chi connectivity index (χ3v) is 4.75. The van der Waals surface area contributed by atoms with Gasteiger partial charge < -0.3 is 4.90 Å². The normalized spacial score (nSPS) is 20.4. The van der Waals surface area contributed by atoms with Crippen molar-refractivity contribution in [3.8, 4) is 0 Å². The van der Waals surface area contributed by atoms with E-state index in [1.54, 1.807) is 11.3 Å². The van der Waals surface area contributed by atoms with Crippen LogP contribution in [0.15, 0.2) is 17.5 Å². The maximum atomic E-state index is 12.4. The van der Waals surface area contributed by atoms with Crippen LogP contribution in [0.5, 0.6) is 0 Å². The highest BCUT2D eigenvalue weighted by atomic mass is 32.1. The van der Waals surface area contributed by atoms with E-state index in [2.05, 4.69) is 36.3 Å². The zero-order chi connectivity index (χ0) is 13.7. The first-order valence-corrected chi connectivity index (χ1v) is 8.16. The van der Waals surface area contributed by atoms with Crippen molar-refractivity contribution in [2.75, 3.05) is 26.2 Å². The van der Waals surface area contributed by atoms with Crippen LogP contribution < -0.4 is 0 Å². The van der Waals surface area contributed by atoms with Gasteiger partial charge in [0.25, 0.3) is 0 Å². The summed E-state index contributed by atoms with van der Waals surface area (Å²) < 4.78 is 0. The second-order valence-electron chi connectivity index (χ2n) is 5.16. The minimum atomic E-state index is 0.202. The van der Waals surface area contributed by atoms with Crippen molar-refractivity contribution >= 4 is 17.2 Å². The lowest BCUT2D eigenvalue weighted by Gasteiger charge is -2.34. The Morgan fingerprint density at radius 2 is 2.26 bits per heavy atom. The highest BCUT2D eigenvalue weighted by Gasteiger charge is 2.28. The van der Waals surface area contributed by atoms with E-state index in [-0.39, 0.29) is 5.92 Å². The summed E-state index contributed by atoms with van der Waals surface area (Å²) in [6, 6.07) is 4.28. The van der Waals surface area contributed by atoms with Gasteiger partial charge >= 0.3 is 0 Å². The fourth-order valence-electron chi connectivity index (χ4n) is 2.82. The van der Waals surface area contributed by atoms with E-state index in [1.807, 2.05) is 4.90 Å². The van der Waals surface area contributed by atoms with E-state index in [4.69, 9.17) is 0 Å². The molecule has 0 radical (unpaired) electrons. The van der Waals surface area contributed by atoms with Gasteiger partial charge in [0.2, 0.25) is 5.91 Å². The molecule has 0 unspecified atom stereocenters. The van der Waals surface area contributed by atoms with Gasteiger partial charge in [0, 0.05) is 31.1 Å². The van der Waals surface area contributed by atoms with Gasteiger partial charge in [-0.25, -0.2) is 0 Å². The zero-order valence-corrected chi connectivity index (χ0v) is 12.8. The van der Waals surface area contributed by atoms with Crippen molar-refractivity contribution < 1.29 is 4.79 Å². The molecule has 1 fully saturated rings. The number of thiophene rings is 1. The fraction of sp³-hybridized carbons (Fsp3) is 0.667. The summed E-state index contributed by atoms with van der Waals surface area (Å²) in [4.78, 5) is 18.2. The zero-order valence-electron chi connectivity index (χ0n) is 12.0. The molecule has 1 atom stereocenters. The van der Waals surface area contributed by atoms with Crippen LogP contribution in [0.25, 0.3) is 0 Å². The number of nitrogens with zero attached hydrogens (tertiary/aromatic N) is 2. The summed E-state index contributed by atoms with van der Waals surface area (Å²) >= 11 is 1.80. The van der Waals surface area contributed by atoms with Crippen LogP contribution in [0.1, 0.15) is 31.6 Å². The smallest absolute Gasteiger partial charge is 0.226 e. The lowest BCUT2D eigenvalue weighted by Crippen LogP contribution is -2.44. The maximum absolute atomic E-state index is 12.4. The monoisotopic (exact) mass is 280 g/mol. The Morgan fingerprint density at radius 1 is 1.47 bits per heavy atom. The van der Waals surface area contributed by atoms with Crippen molar-refractivity contribution in [1.29, 1.82) is 0 Å². The van der Waals surface area contributed by atoms with Crippen molar-refractivity contribution in [1.82, 2.24) is 9.80 Å². The fourth-order valence-corrected chi connectivity index (χ4v) is 3.56. The largest absolute Gasteiger partial charge is 0.343 e. The molecule has 1 aliphatic heterocycles. The Bertz CT molecular complexity index is 387. The quantitative estimate of drug-likeness (QED) is 0.828. The van der Waals surface area contributed by atoms with Crippen LogP contribution in [0, 0.1) is 5.92 Å². The topological polar surface area (TPSA) is 23.6 Å². The average molecular weight is 280 g/mol. The number of carbonyl (C=O) groups is 1. The van der Waals surface area contributed by atoms with Crippen molar-refractivity contribution in [2.24, 2.45) is 5.92 Å². The molecule has 0 bridgehead atoms. The molecule has 4 heteroatoms. The molecule has 0 aliphatic carbocycles. The number of rotatable bonds is 5. The Balaban J connectivity index is 1.91. The number of hydrogen-bond donors (Lipinski definition) is 0. The van der Waals surface area contributed by atoms with Crippen molar-refractivity contribution in [3.63, 3.8) is 0 Å². The highest BCUT2D eigenvalue weighted by molar-refractivity contribution is 7.09. The molecular formula is C15H24N2OS. The average Bonchev–Trinajstić information content (AvgIpc) is 2.93. The summed E-state index contributed by atoms with van der Waals surface area (Å²) in [5.41, 5.74) is 0. The van der Waals surface area contributed by atoms with Gasteiger partial charge in [-0.2, -0.15) is 0 Å². The minimum Gasteiger partial charge on any atom is -0.343 e. The Morgan fingerprint density at radius 3 is 2.89 bits per heavy atom. The van der Waals surface area contributed by atoms with Crippen molar-refractivity contribution in [2.45, 2.75) is 33.2 Å². The van der Waals surface area contributed by atoms with E-state index in [1.165, 1.54) is 4.88 Å². The Kier molecular flexibility index (Phi) is 5.40. The summed E-state index contributed by atoms with van der Waals surface area (Å²) in [7, 11) is 0. The van der Waals surface area contributed by atoms with E-state index in [0.717, 1.165) is 45.6 Å².